The number of thioether (sulfide) groups is 1. The number of nitrogens with zero attached hydrogens (tertiary/aromatic N) is 3. The van der Waals surface area contributed by atoms with Gasteiger partial charge in [-0.25, -0.2) is 15.8 Å². The molecule has 0 unspecified atom stereocenters. The van der Waals surface area contributed by atoms with Gasteiger partial charge in [-0.1, -0.05) is 30.0 Å². The molecule has 104 valence electrons. The fourth-order valence-electron chi connectivity index (χ4n) is 2.49. The predicted octanol–water partition coefficient (Wildman–Crippen LogP) is 2.57. The molecule has 2 aromatic rings. The molecule has 0 saturated carbocycles. The number of fused-ring (bicyclic) bond motifs is 1. The van der Waals surface area contributed by atoms with Crippen molar-refractivity contribution < 1.29 is 0 Å². The monoisotopic (exact) mass is 287 g/mol. The fourth-order valence-corrected chi connectivity index (χ4v) is 2.86. The largest absolute Gasteiger partial charge is 0.326 e. The highest BCUT2D eigenvalue weighted by Crippen LogP contribution is 2.33. The molecule has 3 N–H and O–H groups in total. The van der Waals surface area contributed by atoms with Crippen LogP contribution in [-0.4, -0.2) is 22.8 Å². The zero-order valence-corrected chi connectivity index (χ0v) is 12.2. The summed E-state index contributed by atoms with van der Waals surface area (Å²) in [6.45, 7) is 0.964. The number of nitrogens with two attached hydrogens (primary N) is 1. The van der Waals surface area contributed by atoms with Gasteiger partial charge in [-0.3, -0.25) is 0 Å². The zero-order chi connectivity index (χ0) is 13.9. The molecule has 2 heterocycles. The molecule has 5 nitrogen and oxygen atoms in total. The Morgan fingerprint density at radius 2 is 2.15 bits per heavy atom. The summed E-state index contributed by atoms with van der Waals surface area (Å²) in [6, 6.07) is 10.4. The highest BCUT2D eigenvalue weighted by atomic mass is 32.2. The number of hydrogen-bond donors (Lipinski definition) is 2. The van der Waals surface area contributed by atoms with Crippen LogP contribution in [0.2, 0.25) is 0 Å². The Bertz CT molecular complexity index is 594. The number of rotatable bonds is 3. The van der Waals surface area contributed by atoms with E-state index in [-0.39, 0.29) is 0 Å². The maximum Gasteiger partial charge on any atom is 0.191 e. The van der Waals surface area contributed by atoms with E-state index in [9.17, 15) is 0 Å². The highest BCUT2D eigenvalue weighted by Gasteiger charge is 2.19. The van der Waals surface area contributed by atoms with Crippen molar-refractivity contribution >= 4 is 29.1 Å². The first kappa shape index (κ1) is 13.2. The van der Waals surface area contributed by atoms with E-state index in [0.29, 0.717) is 5.82 Å². The van der Waals surface area contributed by atoms with Crippen LogP contribution in [0.25, 0.3) is 0 Å². The molecule has 0 spiro atoms. The Kier molecular flexibility index (Phi) is 3.75. The van der Waals surface area contributed by atoms with Crippen molar-refractivity contribution in [3.05, 3.63) is 35.9 Å². The van der Waals surface area contributed by atoms with Crippen LogP contribution >= 0.6 is 11.8 Å². The topological polar surface area (TPSA) is 67.1 Å². The minimum absolute atomic E-state index is 0.641. The summed E-state index contributed by atoms with van der Waals surface area (Å²) in [6.07, 6.45) is 4.21. The van der Waals surface area contributed by atoms with Crippen LogP contribution in [0.3, 0.4) is 0 Å². The molecule has 0 bridgehead atoms. The van der Waals surface area contributed by atoms with E-state index in [2.05, 4.69) is 44.6 Å². The number of benzene rings is 1. The van der Waals surface area contributed by atoms with Crippen molar-refractivity contribution in [2.45, 2.75) is 18.0 Å². The number of anilines is 3. The van der Waals surface area contributed by atoms with Crippen LogP contribution in [0.15, 0.2) is 35.5 Å². The van der Waals surface area contributed by atoms with Crippen molar-refractivity contribution in [2.24, 2.45) is 5.84 Å². The normalized spacial score (nSPS) is 14.0. The molecule has 1 aromatic carbocycles. The van der Waals surface area contributed by atoms with E-state index >= 15 is 0 Å². The SMILES string of the molecule is CSc1nc(NN)cc(N2CCCc3ccccc32)n1. The summed E-state index contributed by atoms with van der Waals surface area (Å²) in [4.78, 5) is 11.2. The first-order chi connectivity index (χ1) is 9.81. The number of hydrogen-bond acceptors (Lipinski definition) is 6. The summed E-state index contributed by atoms with van der Waals surface area (Å²) in [5, 5.41) is 0.721. The quantitative estimate of drug-likeness (QED) is 0.391. The van der Waals surface area contributed by atoms with Crippen molar-refractivity contribution in [2.75, 3.05) is 23.1 Å². The van der Waals surface area contributed by atoms with Gasteiger partial charge in [0.2, 0.25) is 0 Å². The fraction of sp³-hybridized carbons (Fsp3) is 0.286. The van der Waals surface area contributed by atoms with E-state index in [0.717, 1.165) is 30.4 Å². The Balaban J connectivity index is 2.05. The summed E-state index contributed by atoms with van der Waals surface area (Å²) in [7, 11) is 0. The molecule has 0 aliphatic carbocycles. The van der Waals surface area contributed by atoms with E-state index in [1.807, 2.05) is 12.3 Å². The predicted molar refractivity (Wildman–Crippen MR) is 83.4 cm³/mol. The Hall–Kier alpha value is -1.79. The van der Waals surface area contributed by atoms with Crippen molar-refractivity contribution in [1.29, 1.82) is 0 Å². The summed E-state index contributed by atoms with van der Waals surface area (Å²) >= 11 is 1.51. The van der Waals surface area contributed by atoms with Gasteiger partial charge in [-0.15, -0.1) is 0 Å². The molecule has 1 aliphatic rings. The summed E-state index contributed by atoms with van der Waals surface area (Å²) in [5.74, 6) is 7.03. The molecule has 0 amide bonds. The van der Waals surface area contributed by atoms with E-state index < -0.39 is 0 Å². The van der Waals surface area contributed by atoms with Gasteiger partial charge in [0.05, 0.1) is 0 Å². The van der Waals surface area contributed by atoms with Crippen LogP contribution in [-0.2, 0) is 6.42 Å². The molecular formula is C14H17N5S. The third-order valence-corrected chi connectivity index (χ3v) is 3.96. The number of hydrazine groups is 1. The van der Waals surface area contributed by atoms with Crippen LogP contribution in [0.4, 0.5) is 17.3 Å². The van der Waals surface area contributed by atoms with E-state index in [4.69, 9.17) is 5.84 Å². The maximum absolute atomic E-state index is 5.50. The Labute approximate surface area is 122 Å². The first-order valence-electron chi connectivity index (χ1n) is 6.57. The van der Waals surface area contributed by atoms with Crippen LogP contribution in [0.5, 0.6) is 0 Å². The lowest BCUT2D eigenvalue weighted by molar-refractivity contribution is 0.752. The van der Waals surface area contributed by atoms with Gasteiger partial charge in [0.15, 0.2) is 5.16 Å². The van der Waals surface area contributed by atoms with Gasteiger partial charge in [-0.05, 0) is 30.7 Å². The molecule has 6 heteroatoms. The lowest BCUT2D eigenvalue weighted by Crippen LogP contribution is -2.26. The molecule has 20 heavy (non-hydrogen) atoms. The zero-order valence-electron chi connectivity index (χ0n) is 11.3. The average molecular weight is 287 g/mol. The van der Waals surface area contributed by atoms with Crippen LogP contribution in [0, 0.1) is 0 Å². The molecular weight excluding hydrogens is 270 g/mol. The third kappa shape index (κ3) is 2.44. The second-order valence-electron chi connectivity index (χ2n) is 4.63. The Morgan fingerprint density at radius 1 is 1.30 bits per heavy atom. The van der Waals surface area contributed by atoms with Crippen molar-refractivity contribution in [3.63, 3.8) is 0 Å². The smallest absolute Gasteiger partial charge is 0.191 e. The number of nitrogens with one attached hydrogen (secondary N) is 1. The molecule has 1 aliphatic heterocycles. The molecule has 1 aromatic heterocycles. The van der Waals surface area contributed by atoms with E-state index in [1.165, 1.54) is 23.0 Å². The Morgan fingerprint density at radius 3 is 2.95 bits per heavy atom. The number of nitrogen functional groups attached to an aromatic ring is 1. The molecule has 0 saturated heterocycles. The minimum Gasteiger partial charge on any atom is -0.326 e. The second kappa shape index (κ2) is 5.68. The van der Waals surface area contributed by atoms with Gasteiger partial charge in [0, 0.05) is 18.3 Å². The summed E-state index contributed by atoms with van der Waals surface area (Å²) < 4.78 is 0. The first-order valence-corrected chi connectivity index (χ1v) is 7.79. The van der Waals surface area contributed by atoms with Crippen LogP contribution < -0.4 is 16.2 Å². The molecule has 0 fully saturated rings. The van der Waals surface area contributed by atoms with Crippen molar-refractivity contribution in [3.8, 4) is 0 Å². The van der Waals surface area contributed by atoms with Crippen LogP contribution in [0.1, 0.15) is 12.0 Å². The lowest BCUT2D eigenvalue weighted by Gasteiger charge is -2.30. The average Bonchev–Trinajstić information content (AvgIpc) is 2.53. The number of aryl methyl sites for hydroxylation is 1. The van der Waals surface area contributed by atoms with Gasteiger partial charge < -0.3 is 10.3 Å². The van der Waals surface area contributed by atoms with Gasteiger partial charge in [0.1, 0.15) is 11.6 Å². The third-order valence-electron chi connectivity index (χ3n) is 3.41. The highest BCUT2D eigenvalue weighted by molar-refractivity contribution is 7.98. The van der Waals surface area contributed by atoms with Gasteiger partial charge in [-0.2, -0.15) is 0 Å². The standard InChI is InChI=1S/C14H17N5S/c1-20-14-16-12(18-15)9-13(17-14)19-8-4-6-10-5-2-3-7-11(10)19/h2-3,5,7,9H,4,6,8,15H2,1H3,(H,16,17,18). The minimum atomic E-state index is 0.641. The number of aromatic nitrogens is 2. The lowest BCUT2D eigenvalue weighted by atomic mass is 10.0. The number of para-hydroxylation sites is 1. The van der Waals surface area contributed by atoms with Crippen molar-refractivity contribution in [1.82, 2.24) is 9.97 Å². The van der Waals surface area contributed by atoms with Gasteiger partial charge >= 0.3 is 0 Å². The summed E-state index contributed by atoms with van der Waals surface area (Å²) in [5.41, 5.74) is 5.21. The van der Waals surface area contributed by atoms with Gasteiger partial charge in [0.25, 0.3) is 0 Å². The molecule has 0 atom stereocenters. The molecule has 0 radical (unpaired) electrons. The van der Waals surface area contributed by atoms with E-state index in [1.54, 1.807) is 0 Å². The molecule has 3 rings (SSSR count). The second-order valence-corrected chi connectivity index (χ2v) is 5.40. The maximum atomic E-state index is 5.50.